The maximum Gasteiger partial charge on any atom is 0.0704 e. The van der Waals surface area contributed by atoms with Crippen molar-refractivity contribution in [3.8, 4) is 6.07 Å². The molecule has 3 nitrogen and oxygen atoms in total. The van der Waals surface area contributed by atoms with Gasteiger partial charge in [-0.3, -0.25) is 0 Å². The number of hydrogen-bond acceptors (Lipinski definition) is 3. The maximum absolute atomic E-state index is 8.95. The van der Waals surface area contributed by atoms with Crippen LogP contribution in [-0.2, 0) is 4.74 Å². The zero-order chi connectivity index (χ0) is 10.7. The highest BCUT2D eigenvalue weighted by Gasteiger charge is 2.28. The summed E-state index contributed by atoms with van der Waals surface area (Å²) >= 11 is 0. The quantitative estimate of drug-likeness (QED) is 0.769. The van der Waals surface area contributed by atoms with Crippen molar-refractivity contribution in [2.45, 2.75) is 57.3 Å². The van der Waals surface area contributed by atoms with E-state index in [0.29, 0.717) is 18.2 Å². The van der Waals surface area contributed by atoms with E-state index in [1.165, 1.54) is 12.8 Å². The number of nitrogens with zero attached hydrogens (tertiary/aromatic N) is 1. The number of rotatable bonds is 3. The van der Waals surface area contributed by atoms with Crippen LogP contribution >= 0.6 is 0 Å². The average molecular weight is 208 g/mol. The Kier molecular flexibility index (Phi) is 3.61. The fourth-order valence-corrected chi connectivity index (χ4v) is 2.68. The van der Waals surface area contributed by atoms with Gasteiger partial charge in [0.1, 0.15) is 0 Å². The molecule has 2 fully saturated rings. The molecule has 1 N–H and O–H groups in total. The lowest BCUT2D eigenvalue weighted by Gasteiger charge is -2.18. The molecule has 0 amide bonds. The summed E-state index contributed by atoms with van der Waals surface area (Å²) in [5.74, 6) is 0.226. The third kappa shape index (κ3) is 2.70. The van der Waals surface area contributed by atoms with E-state index in [-0.39, 0.29) is 5.92 Å². The fraction of sp³-hybridized carbons (Fsp3) is 0.917. The Morgan fingerprint density at radius 2 is 2.20 bits per heavy atom. The molecule has 1 saturated heterocycles. The van der Waals surface area contributed by atoms with Gasteiger partial charge in [-0.05, 0) is 32.6 Å². The molecule has 2 rings (SSSR count). The molecule has 0 radical (unpaired) electrons. The first kappa shape index (κ1) is 10.9. The molecular formula is C12H20N2O. The van der Waals surface area contributed by atoms with Gasteiger partial charge in [-0.1, -0.05) is 6.42 Å². The van der Waals surface area contributed by atoms with Crippen LogP contribution in [0.25, 0.3) is 0 Å². The summed E-state index contributed by atoms with van der Waals surface area (Å²) in [6.07, 6.45) is 6.55. The summed E-state index contributed by atoms with van der Waals surface area (Å²) < 4.78 is 5.74. The smallest absolute Gasteiger partial charge is 0.0704 e. The summed E-state index contributed by atoms with van der Waals surface area (Å²) in [5.41, 5.74) is 0. The minimum Gasteiger partial charge on any atom is -0.374 e. The van der Waals surface area contributed by atoms with Crippen LogP contribution in [0.5, 0.6) is 0 Å². The van der Waals surface area contributed by atoms with Gasteiger partial charge < -0.3 is 10.1 Å². The topological polar surface area (TPSA) is 45.0 Å². The van der Waals surface area contributed by atoms with Crippen molar-refractivity contribution >= 4 is 0 Å². The van der Waals surface area contributed by atoms with E-state index in [0.717, 1.165) is 25.8 Å². The first-order chi connectivity index (χ1) is 7.29. The Morgan fingerprint density at radius 1 is 1.33 bits per heavy atom. The largest absolute Gasteiger partial charge is 0.374 e. The number of hydrogen-bond donors (Lipinski definition) is 1. The molecule has 3 heteroatoms. The lowest BCUT2D eigenvalue weighted by atomic mass is 10.1. The van der Waals surface area contributed by atoms with Crippen LogP contribution in [0, 0.1) is 17.2 Å². The van der Waals surface area contributed by atoms with Crippen LogP contribution in [0.2, 0.25) is 0 Å². The summed E-state index contributed by atoms with van der Waals surface area (Å²) in [6.45, 7) is 3.06. The van der Waals surface area contributed by atoms with Crippen molar-refractivity contribution in [1.29, 1.82) is 5.26 Å². The lowest BCUT2D eigenvalue weighted by Crippen LogP contribution is -2.37. The second-order valence-electron chi connectivity index (χ2n) is 4.83. The van der Waals surface area contributed by atoms with Crippen molar-refractivity contribution in [3.05, 3.63) is 0 Å². The fourth-order valence-electron chi connectivity index (χ4n) is 2.68. The Labute approximate surface area is 91.8 Å². The van der Waals surface area contributed by atoms with E-state index in [1.54, 1.807) is 0 Å². The number of nitrogens with one attached hydrogen (secondary N) is 1. The van der Waals surface area contributed by atoms with Crippen LogP contribution in [-0.4, -0.2) is 24.8 Å². The van der Waals surface area contributed by atoms with Gasteiger partial charge in [0.05, 0.1) is 24.2 Å². The highest BCUT2D eigenvalue weighted by Crippen LogP contribution is 2.25. The molecule has 84 valence electrons. The lowest BCUT2D eigenvalue weighted by molar-refractivity contribution is 0.0539. The summed E-state index contributed by atoms with van der Waals surface area (Å²) in [7, 11) is 0. The van der Waals surface area contributed by atoms with Gasteiger partial charge in [0, 0.05) is 12.6 Å². The Bertz CT molecular complexity index is 248. The molecule has 4 atom stereocenters. The molecule has 0 aromatic heterocycles. The van der Waals surface area contributed by atoms with E-state index < -0.39 is 0 Å². The van der Waals surface area contributed by atoms with Crippen molar-refractivity contribution in [1.82, 2.24) is 5.32 Å². The summed E-state index contributed by atoms with van der Waals surface area (Å²) in [6, 6.07) is 2.81. The van der Waals surface area contributed by atoms with E-state index in [1.807, 2.05) is 0 Å². The average Bonchev–Trinajstić information content (AvgIpc) is 2.83. The van der Waals surface area contributed by atoms with Gasteiger partial charge >= 0.3 is 0 Å². The third-order valence-corrected chi connectivity index (χ3v) is 3.61. The Morgan fingerprint density at radius 3 is 2.87 bits per heavy atom. The van der Waals surface area contributed by atoms with E-state index in [2.05, 4.69) is 18.3 Å². The number of nitriles is 1. The molecule has 0 spiro atoms. The van der Waals surface area contributed by atoms with Crippen molar-refractivity contribution in [2.24, 2.45) is 5.92 Å². The molecule has 4 unspecified atom stereocenters. The Hall–Kier alpha value is -0.590. The monoisotopic (exact) mass is 208 g/mol. The summed E-state index contributed by atoms with van der Waals surface area (Å²) in [5, 5.41) is 12.4. The van der Waals surface area contributed by atoms with Gasteiger partial charge in [-0.15, -0.1) is 0 Å². The minimum absolute atomic E-state index is 0.226. The van der Waals surface area contributed by atoms with Gasteiger partial charge in [-0.2, -0.15) is 5.26 Å². The minimum atomic E-state index is 0.226. The molecule has 15 heavy (non-hydrogen) atoms. The van der Waals surface area contributed by atoms with Gasteiger partial charge in [0.15, 0.2) is 0 Å². The predicted molar refractivity (Wildman–Crippen MR) is 58.3 cm³/mol. The molecule has 1 aliphatic carbocycles. The second-order valence-corrected chi connectivity index (χ2v) is 4.83. The number of ether oxygens (including phenoxy) is 1. The van der Waals surface area contributed by atoms with E-state index in [4.69, 9.17) is 10.00 Å². The standard InChI is InChI=1S/C12H20N2O/c1-9-5-6-11(15-9)8-14-12-4-2-3-10(12)7-13/h9-12,14H,2-6,8H2,1H3. The van der Waals surface area contributed by atoms with Gasteiger partial charge in [0.25, 0.3) is 0 Å². The highest BCUT2D eigenvalue weighted by molar-refractivity contribution is 4.96. The molecule has 2 aliphatic rings. The normalized spacial score (nSPS) is 40.5. The Balaban J connectivity index is 1.71. The van der Waals surface area contributed by atoms with Crippen LogP contribution in [0.15, 0.2) is 0 Å². The zero-order valence-electron chi connectivity index (χ0n) is 9.41. The van der Waals surface area contributed by atoms with Crippen LogP contribution in [0.1, 0.15) is 39.0 Å². The van der Waals surface area contributed by atoms with Crippen LogP contribution in [0.4, 0.5) is 0 Å². The maximum atomic E-state index is 8.95. The second kappa shape index (κ2) is 4.96. The van der Waals surface area contributed by atoms with Crippen molar-refractivity contribution in [3.63, 3.8) is 0 Å². The van der Waals surface area contributed by atoms with Crippen LogP contribution < -0.4 is 5.32 Å². The van der Waals surface area contributed by atoms with Crippen molar-refractivity contribution < 1.29 is 4.74 Å². The predicted octanol–water partition coefficient (Wildman–Crippen LogP) is 1.84. The van der Waals surface area contributed by atoms with Gasteiger partial charge in [0.2, 0.25) is 0 Å². The molecular weight excluding hydrogens is 188 g/mol. The van der Waals surface area contributed by atoms with E-state index in [9.17, 15) is 0 Å². The molecule has 1 aliphatic heterocycles. The first-order valence-corrected chi connectivity index (χ1v) is 6.08. The summed E-state index contributed by atoms with van der Waals surface area (Å²) in [4.78, 5) is 0. The third-order valence-electron chi connectivity index (χ3n) is 3.61. The molecule has 1 saturated carbocycles. The molecule has 1 heterocycles. The highest BCUT2D eigenvalue weighted by atomic mass is 16.5. The van der Waals surface area contributed by atoms with E-state index >= 15 is 0 Å². The molecule has 0 bridgehead atoms. The van der Waals surface area contributed by atoms with Gasteiger partial charge in [-0.25, -0.2) is 0 Å². The SMILES string of the molecule is CC1CCC(CNC2CCCC2C#N)O1. The molecule has 0 aromatic rings. The van der Waals surface area contributed by atoms with Crippen molar-refractivity contribution in [2.75, 3.05) is 6.54 Å². The zero-order valence-corrected chi connectivity index (χ0v) is 9.41. The first-order valence-electron chi connectivity index (χ1n) is 6.08. The van der Waals surface area contributed by atoms with Crippen LogP contribution in [0.3, 0.4) is 0 Å². The molecule has 0 aromatic carbocycles.